The van der Waals surface area contributed by atoms with Crippen LogP contribution < -0.4 is 21.7 Å². The molecule has 0 saturated carbocycles. The number of nitrogens with zero attached hydrogens (tertiary/aromatic N) is 3. The molecule has 0 spiro atoms. The Morgan fingerprint density at radius 1 is 0.950 bits per heavy atom. The lowest BCUT2D eigenvalue weighted by Crippen LogP contribution is -2.48. The molecule has 16 heteroatoms. The molecule has 1 rings (SSSR count). The number of hydrogen-bond acceptors (Lipinski definition) is 9. The molecule has 0 aromatic heterocycles. The Hall–Kier alpha value is -4.69. The molecule has 3 atom stereocenters. The number of esters is 1. The Balaban J connectivity index is 2.55. The Morgan fingerprint density at radius 3 is 2.08 bits per heavy atom. The third kappa shape index (κ3) is 12.7. The van der Waals surface area contributed by atoms with Gasteiger partial charge in [-0.25, -0.2) is 4.79 Å². The normalized spacial score (nSPS) is 12.6. The molecule has 40 heavy (non-hydrogen) atoms. The van der Waals surface area contributed by atoms with Crippen molar-refractivity contribution in [3.8, 4) is 0 Å². The van der Waals surface area contributed by atoms with Crippen molar-refractivity contribution in [1.82, 2.24) is 16.0 Å². The number of carboxylic acid groups (broad SMARTS) is 2. The molecule has 0 unspecified atom stereocenters. The van der Waals surface area contributed by atoms with Crippen molar-refractivity contribution < 1.29 is 43.7 Å². The van der Waals surface area contributed by atoms with E-state index in [-0.39, 0.29) is 44.6 Å². The number of nitrogens with one attached hydrogen (secondary N) is 3. The Morgan fingerprint density at radius 2 is 1.55 bits per heavy atom. The van der Waals surface area contributed by atoms with E-state index >= 15 is 0 Å². The van der Waals surface area contributed by atoms with Gasteiger partial charge in [-0.2, -0.15) is 0 Å². The van der Waals surface area contributed by atoms with Crippen LogP contribution in [0, 0.1) is 0 Å². The molecule has 0 aliphatic rings. The summed E-state index contributed by atoms with van der Waals surface area (Å²) in [4.78, 5) is 73.3. The fourth-order valence-corrected chi connectivity index (χ4v) is 3.53. The number of hydrogen-bond donors (Lipinski definition) is 6. The maximum atomic E-state index is 12.4. The first-order valence-electron chi connectivity index (χ1n) is 12.3. The van der Waals surface area contributed by atoms with Crippen LogP contribution in [0.2, 0.25) is 0 Å². The van der Waals surface area contributed by atoms with E-state index < -0.39 is 47.8 Å². The molecule has 218 valence electrons. The highest BCUT2D eigenvalue weighted by Crippen LogP contribution is 2.13. The number of carbonyl (C=O) groups excluding carboxylic acids is 4. The quantitative estimate of drug-likeness (QED) is 0.0451. The van der Waals surface area contributed by atoms with Crippen LogP contribution in [-0.2, 0) is 28.7 Å². The molecule has 1 aromatic carbocycles. The molecule has 0 bridgehead atoms. The van der Waals surface area contributed by atoms with Gasteiger partial charge in [0.25, 0.3) is 5.91 Å². The zero-order chi connectivity index (χ0) is 30.1. The Kier molecular flexibility index (Phi) is 14.8. The van der Waals surface area contributed by atoms with Crippen molar-refractivity contribution in [2.75, 3.05) is 13.7 Å². The van der Waals surface area contributed by atoms with Gasteiger partial charge in [-0.15, -0.1) is 0 Å². The number of rotatable bonds is 19. The summed E-state index contributed by atoms with van der Waals surface area (Å²) in [6.45, 7) is 0.283. The van der Waals surface area contributed by atoms with Crippen LogP contribution in [0.1, 0.15) is 55.3 Å². The molecule has 0 heterocycles. The predicted octanol–water partition coefficient (Wildman–Crippen LogP) is 0.728. The number of primary amides is 1. The second kappa shape index (κ2) is 17.8. The molecule has 0 radical (unpaired) electrons. The molecular formula is C24H33N7O9. The maximum Gasteiger partial charge on any atom is 0.328 e. The first-order chi connectivity index (χ1) is 19.0. The number of methoxy groups -OCH3 is 1. The molecule has 0 fully saturated rings. The second-order valence-electron chi connectivity index (χ2n) is 8.62. The van der Waals surface area contributed by atoms with Gasteiger partial charge in [0.2, 0.25) is 11.8 Å². The Bertz CT molecular complexity index is 1100. The maximum absolute atomic E-state index is 12.4. The van der Waals surface area contributed by atoms with Crippen LogP contribution in [0.4, 0.5) is 5.69 Å². The standard InChI is InChI=1S/C24H33N7O9/c1-40-24(39)18(4-2-3-13-27-21(34)14-5-7-15(8-6-14)30-31-26)29-20(33)12-10-17(23(37)38)28-16(22(35)36)9-11-19(25)32/h5-8,16-18,28H,2-4,9-13H2,1H3,(H2,25,32)(H,27,34)(H,29,33)(H,35,36)(H,37,38)/t16-,17-,18-/m0/s1. The summed E-state index contributed by atoms with van der Waals surface area (Å²) in [6, 6.07) is 2.24. The number of ether oxygens (including phenoxy) is 1. The van der Waals surface area contributed by atoms with Gasteiger partial charge in [0.15, 0.2) is 0 Å². The van der Waals surface area contributed by atoms with Crippen LogP contribution in [-0.4, -0.2) is 77.6 Å². The summed E-state index contributed by atoms with van der Waals surface area (Å²) in [5, 5.41) is 29.7. The van der Waals surface area contributed by atoms with Crippen LogP contribution in [0.25, 0.3) is 10.4 Å². The van der Waals surface area contributed by atoms with Gasteiger partial charge < -0.3 is 31.3 Å². The van der Waals surface area contributed by atoms with Crippen molar-refractivity contribution in [3.05, 3.63) is 40.3 Å². The number of amides is 3. The highest BCUT2D eigenvalue weighted by atomic mass is 16.5. The van der Waals surface area contributed by atoms with Crippen molar-refractivity contribution in [2.45, 2.75) is 63.1 Å². The lowest BCUT2D eigenvalue weighted by atomic mass is 10.1. The van der Waals surface area contributed by atoms with E-state index in [2.05, 4.69) is 26.0 Å². The van der Waals surface area contributed by atoms with Gasteiger partial charge in [-0.05, 0) is 49.8 Å². The van der Waals surface area contributed by atoms with Crippen LogP contribution in [0.5, 0.6) is 0 Å². The van der Waals surface area contributed by atoms with Crippen LogP contribution in [0.15, 0.2) is 29.4 Å². The number of unbranched alkanes of at least 4 members (excludes halogenated alkanes) is 1. The predicted molar refractivity (Wildman–Crippen MR) is 139 cm³/mol. The van der Waals surface area contributed by atoms with Gasteiger partial charge in [0.1, 0.15) is 18.1 Å². The lowest BCUT2D eigenvalue weighted by Gasteiger charge is -2.21. The number of aliphatic carboxylic acids is 2. The van der Waals surface area contributed by atoms with Gasteiger partial charge in [-0.1, -0.05) is 17.2 Å². The summed E-state index contributed by atoms with van der Waals surface area (Å²) in [5.74, 6) is -5.20. The van der Waals surface area contributed by atoms with E-state index in [4.69, 9.17) is 16.0 Å². The SMILES string of the molecule is COC(=O)[C@H](CCCCNC(=O)c1ccc(N=[N+]=[N-])cc1)NC(=O)CC[C@H](N[C@@H](CCC(N)=O)C(=O)O)C(=O)O. The van der Waals surface area contributed by atoms with Crippen molar-refractivity contribution in [1.29, 1.82) is 0 Å². The summed E-state index contributed by atoms with van der Waals surface area (Å²) in [7, 11) is 1.15. The average molecular weight is 564 g/mol. The third-order valence-electron chi connectivity index (χ3n) is 5.65. The van der Waals surface area contributed by atoms with E-state index in [1.54, 1.807) is 0 Å². The molecule has 1 aromatic rings. The highest BCUT2D eigenvalue weighted by Gasteiger charge is 2.28. The van der Waals surface area contributed by atoms with E-state index in [1.807, 2.05) is 0 Å². The summed E-state index contributed by atoms with van der Waals surface area (Å²) in [5.41, 5.74) is 14.2. The zero-order valence-electron chi connectivity index (χ0n) is 21.9. The van der Waals surface area contributed by atoms with Gasteiger partial charge in [0, 0.05) is 35.5 Å². The molecule has 0 saturated heterocycles. The third-order valence-corrected chi connectivity index (χ3v) is 5.65. The number of benzene rings is 1. The molecule has 0 aliphatic carbocycles. The number of nitrogens with two attached hydrogens (primary N) is 1. The monoisotopic (exact) mass is 563 g/mol. The van der Waals surface area contributed by atoms with Crippen molar-refractivity contribution in [3.63, 3.8) is 0 Å². The van der Waals surface area contributed by atoms with E-state index in [1.165, 1.54) is 24.3 Å². The Labute approximate surface area is 229 Å². The molecular weight excluding hydrogens is 530 g/mol. The molecule has 16 nitrogen and oxygen atoms in total. The van der Waals surface area contributed by atoms with Crippen LogP contribution in [0.3, 0.4) is 0 Å². The first kappa shape index (κ1) is 33.3. The average Bonchev–Trinajstić information content (AvgIpc) is 2.91. The summed E-state index contributed by atoms with van der Waals surface area (Å²) >= 11 is 0. The first-order valence-corrected chi connectivity index (χ1v) is 12.3. The topological polar surface area (TPSA) is 263 Å². The number of azide groups is 1. The lowest BCUT2D eigenvalue weighted by molar-refractivity contribution is -0.146. The van der Waals surface area contributed by atoms with Crippen molar-refractivity contribution >= 4 is 41.3 Å². The van der Waals surface area contributed by atoms with Gasteiger partial charge >= 0.3 is 17.9 Å². The minimum Gasteiger partial charge on any atom is -0.480 e. The van der Waals surface area contributed by atoms with Gasteiger partial charge in [-0.3, -0.25) is 29.3 Å². The van der Waals surface area contributed by atoms with E-state index in [9.17, 15) is 39.0 Å². The minimum absolute atomic E-state index is 0.184. The van der Waals surface area contributed by atoms with E-state index in [0.717, 1.165) is 7.11 Å². The fourth-order valence-electron chi connectivity index (χ4n) is 3.53. The number of carbonyl (C=O) groups is 6. The zero-order valence-corrected chi connectivity index (χ0v) is 21.9. The van der Waals surface area contributed by atoms with Crippen LogP contribution >= 0.6 is 0 Å². The molecule has 7 N–H and O–H groups in total. The summed E-state index contributed by atoms with van der Waals surface area (Å²) in [6.07, 6.45) is -0.0414. The number of carboxylic acids is 2. The largest absolute Gasteiger partial charge is 0.480 e. The summed E-state index contributed by atoms with van der Waals surface area (Å²) < 4.78 is 4.72. The van der Waals surface area contributed by atoms with Crippen molar-refractivity contribution in [2.24, 2.45) is 10.8 Å². The van der Waals surface area contributed by atoms with E-state index in [0.29, 0.717) is 24.1 Å². The fraction of sp³-hybridized carbons (Fsp3) is 0.500. The molecule has 3 amide bonds. The smallest absolute Gasteiger partial charge is 0.328 e. The second-order valence-corrected chi connectivity index (χ2v) is 8.62. The highest BCUT2D eigenvalue weighted by molar-refractivity contribution is 5.94. The minimum atomic E-state index is -1.41. The van der Waals surface area contributed by atoms with Gasteiger partial charge in [0.05, 0.1) is 7.11 Å². The molecule has 0 aliphatic heterocycles.